The maximum absolute atomic E-state index is 12.9. The van der Waals surface area contributed by atoms with Gasteiger partial charge in [0.2, 0.25) is 0 Å². The molecule has 398 valence electrons. The third kappa shape index (κ3) is 55.0. The van der Waals surface area contributed by atoms with Crippen molar-refractivity contribution in [3.63, 3.8) is 0 Å². The van der Waals surface area contributed by atoms with E-state index < -0.39 is 6.10 Å². The van der Waals surface area contributed by atoms with Crippen molar-refractivity contribution in [3.05, 3.63) is 109 Å². The first-order chi connectivity index (χ1) is 34.5. The Bertz CT molecular complexity index is 1440. The van der Waals surface area contributed by atoms with Crippen LogP contribution < -0.4 is 0 Å². The molecule has 0 fully saturated rings. The van der Waals surface area contributed by atoms with Crippen molar-refractivity contribution in [2.24, 2.45) is 0 Å². The van der Waals surface area contributed by atoms with Crippen LogP contribution in [0.4, 0.5) is 0 Å². The summed E-state index contributed by atoms with van der Waals surface area (Å²) in [4.78, 5) is 38.2. The predicted octanol–water partition coefficient (Wildman–Crippen LogP) is 19.5. The summed E-state index contributed by atoms with van der Waals surface area (Å²) in [5.74, 6) is -0.953. The van der Waals surface area contributed by atoms with Crippen LogP contribution in [0.15, 0.2) is 109 Å². The fraction of sp³-hybridized carbons (Fsp3) is 0.672. The molecule has 0 saturated carbocycles. The van der Waals surface area contributed by atoms with E-state index in [0.717, 1.165) is 135 Å². The van der Waals surface area contributed by atoms with Crippen molar-refractivity contribution in [1.29, 1.82) is 0 Å². The van der Waals surface area contributed by atoms with Gasteiger partial charge in [-0.1, -0.05) is 246 Å². The van der Waals surface area contributed by atoms with Gasteiger partial charge in [0, 0.05) is 19.3 Å². The van der Waals surface area contributed by atoms with Crippen molar-refractivity contribution in [3.8, 4) is 0 Å². The van der Waals surface area contributed by atoms with E-state index in [0.29, 0.717) is 19.3 Å². The maximum Gasteiger partial charge on any atom is 0.306 e. The van der Waals surface area contributed by atoms with Gasteiger partial charge in [-0.2, -0.15) is 0 Å². The standard InChI is InChI=1S/C64H106O6/c1-4-7-10-13-16-19-22-25-28-31-32-34-36-39-42-45-48-51-54-57-63(66)69-60-61(59-68-62(65)56-53-50-47-44-41-38-35-30-27-24-21-18-15-12-9-6-3)70-64(67)58-55-52-49-46-43-40-37-33-29-26-23-20-17-14-11-8-5-2/h7-8,10-11,16-17,19-20,25-26,28-29,32,34,37,39-40,42,61H,4-6,9,12-15,18,21-24,27,30-31,33,35-36,38,41,43-60H2,1-3H3/b10-7-,11-8-,19-16-,20-17-,28-25-,29-26-,34-32-,40-37-,42-39-. The molecule has 0 aliphatic rings. The third-order valence-electron chi connectivity index (χ3n) is 12.0. The van der Waals surface area contributed by atoms with E-state index in [-0.39, 0.29) is 31.1 Å². The number of allylic oxidation sites excluding steroid dienone is 18. The summed E-state index contributed by atoms with van der Waals surface area (Å²) in [6.07, 6.45) is 77.9. The van der Waals surface area contributed by atoms with E-state index in [9.17, 15) is 14.4 Å². The van der Waals surface area contributed by atoms with Gasteiger partial charge < -0.3 is 14.2 Å². The van der Waals surface area contributed by atoms with Crippen molar-refractivity contribution in [1.82, 2.24) is 0 Å². The fourth-order valence-electron chi connectivity index (χ4n) is 7.75. The number of esters is 3. The first kappa shape index (κ1) is 66.1. The predicted molar refractivity (Wildman–Crippen MR) is 302 cm³/mol. The molecule has 70 heavy (non-hydrogen) atoms. The minimum absolute atomic E-state index is 0.0984. The van der Waals surface area contributed by atoms with Crippen LogP contribution in [0.5, 0.6) is 0 Å². The van der Waals surface area contributed by atoms with E-state index in [1.165, 1.54) is 83.5 Å². The molecule has 0 saturated heterocycles. The monoisotopic (exact) mass is 971 g/mol. The first-order valence-corrected chi connectivity index (χ1v) is 28.9. The van der Waals surface area contributed by atoms with Crippen LogP contribution in [0.2, 0.25) is 0 Å². The average molecular weight is 972 g/mol. The highest BCUT2D eigenvalue weighted by Gasteiger charge is 2.19. The Morgan fingerprint density at radius 2 is 0.557 bits per heavy atom. The Balaban J connectivity index is 4.49. The van der Waals surface area contributed by atoms with Gasteiger partial charge >= 0.3 is 17.9 Å². The van der Waals surface area contributed by atoms with Gasteiger partial charge in [0.15, 0.2) is 6.10 Å². The highest BCUT2D eigenvalue weighted by molar-refractivity contribution is 5.71. The van der Waals surface area contributed by atoms with E-state index in [1.54, 1.807) is 0 Å². The Morgan fingerprint density at radius 1 is 0.300 bits per heavy atom. The minimum atomic E-state index is -0.806. The summed E-state index contributed by atoms with van der Waals surface area (Å²) < 4.78 is 16.8. The molecule has 0 aromatic rings. The molecule has 0 bridgehead atoms. The average Bonchev–Trinajstić information content (AvgIpc) is 3.36. The van der Waals surface area contributed by atoms with Crippen molar-refractivity contribution in [2.45, 2.75) is 264 Å². The van der Waals surface area contributed by atoms with Crippen LogP contribution in [-0.2, 0) is 28.6 Å². The van der Waals surface area contributed by atoms with Crippen LogP contribution in [0.3, 0.4) is 0 Å². The van der Waals surface area contributed by atoms with Gasteiger partial charge in [0.1, 0.15) is 13.2 Å². The second-order valence-corrected chi connectivity index (χ2v) is 18.8. The summed E-state index contributed by atoms with van der Waals surface area (Å²) in [7, 11) is 0. The Kier molecular flexibility index (Phi) is 54.4. The number of rotatable bonds is 51. The number of hydrogen-bond donors (Lipinski definition) is 0. The Labute approximate surface area is 431 Å². The number of unbranched alkanes of at least 4 members (excludes halogenated alkanes) is 22. The molecule has 0 amide bonds. The van der Waals surface area contributed by atoms with Crippen LogP contribution in [0, 0.1) is 0 Å². The van der Waals surface area contributed by atoms with E-state index in [4.69, 9.17) is 14.2 Å². The highest BCUT2D eigenvalue weighted by atomic mass is 16.6. The van der Waals surface area contributed by atoms with Gasteiger partial charge in [0.25, 0.3) is 0 Å². The van der Waals surface area contributed by atoms with Gasteiger partial charge in [0.05, 0.1) is 0 Å². The summed E-state index contributed by atoms with van der Waals surface area (Å²) in [5.41, 5.74) is 0. The van der Waals surface area contributed by atoms with Gasteiger partial charge in [-0.15, -0.1) is 0 Å². The largest absolute Gasteiger partial charge is 0.462 e. The van der Waals surface area contributed by atoms with Gasteiger partial charge in [-0.25, -0.2) is 0 Å². The third-order valence-corrected chi connectivity index (χ3v) is 12.0. The molecule has 0 N–H and O–H groups in total. The number of carbonyl (C=O) groups is 3. The Morgan fingerprint density at radius 3 is 0.886 bits per heavy atom. The molecular weight excluding hydrogens is 865 g/mol. The minimum Gasteiger partial charge on any atom is -0.462 e. The first-order valence-electron chi connectivity index (χ1n) is 28.9. The van der Waals surface area contributed by atoms with E-state index in [1.807, 2.05) is 0 Å². The second-order valence-electron chi connectivity index (χ2n) is 18.8. The number of hydrogen-bond acceptors (Lipinski definition) is 6. The van der Waals surface area contributed by atoms with Crippen molar-refractivity contribution in [2.75, 3.05) is 13.2 Å². The quantitative estimate of drug-likeness (QED) is 0.0262. The van der Waals surface area contributed by atoms with E-state index in [2.05, 4.69) is 130 Å². The SMILES string of the molecule is CC/C=C\C/C=C\C/C=C\C/C=C\C/C=C\CCCCCC(=O)OCC(COC(=O)CCCCCCCCCCCCCCCCCC)OC(=O)CCCCCC/C=C\C/C=C\C/C=C\C/C=C\CC. The molecule has 0 spiro atoms. The molecule has 0 aliphatic carbocycles. The molecule has 0 aromatic heterocycles. The summed E-state index contributed by atoms with van der Waals surface area (Å²) >= 11 is 0. The van der Waals surface area contributed by atoms with Gasteiger partial charge in [-0.05, 0) is 103 Å². The molecule has 1 unspecified atom stereocenters. The number of ether oxygens (including phenoxy) is 3. The zero-order valence-corrected chi connectivity index (χ0v) is 45.5. The molecular formula is C64H106O6. The maximum atomic E-state index is 12.9. The lowest BCUT2D eigenvalue weighted by molar-refractivity contribution is -0.167. The van der Waals surface area contributed by atoms with Crippen LogP contribution in [-0.4, -0.2) is 37.2 Å². The second kappa shape index (κ2) is 57.6. The van der Waals surface area contributed by atoms with Gasteiger partial charge in [-0.3, -0.25) is 14.4 Å². The molecule has 0 radical (unpaired) electrons. The highest BCUT2D eigenvalue weighted by Crippen LogP contribution is 2.15. The molecule has 0 aliphatic heterocycles. The Hall–Kier alpha value is -3.93. The molecule has 0 rings (SSSR count). The summed E-state index contributed by atoms with van der Waals surface area (Å²) in [6, 6.07) is 0. The molecule has 0 aromatic carbocycles. The smallest absolute Gasteiger partial charge is 0.306 e. The van der Waals surface area contributed by atoms with Crippen LogP contribution in [0.25, 0.3) is 0 Å². The van der Waals surface area contributed by atoms with E-state index >= 15 is 0 Å². The molecule has 1 atom stereocenters. The zero-order chi connectivity index (χ0) is 50.7. The topological polar surface area (TPSA) is 78.9 Å². The van der Waals surface area contributed by atoms with Crippen molar-refractivity contribution >= 4 is 17.9 Å². The summed E-state index contributed by atoms with van der Waals surface area (Å²) in [5, 5.41) is 0. The zero-order valence-electron chi connectivity index (χ0n) is 45.5. The molecule has 0 heterocycles. The molecule has 6 heteroatoms. The van der Waals surface area contributed by atoms with Crippen LogP contribution in [0.1, 0.15) is 258 Å². The molecule has 6 nitrogen and oxygen atoms in total. The summed E-state index contributed by atoms with van der Waals surface area (Å²) in [6.45, 7) is 6.37. The fourth-order valence-corrected chi connectivity index (χ4v) is 7.75. The normalized spacial score (nSPS) is 12.9. The van der Waals surface area contributed by atoms with Crippen LogP contribution >= 0.6 is 0 Å². The lowest BCUT2D eigenvalue weighted by atomic mass is 10.0. The lowest BCUT2D eigenvalue weighted by Gasteiger charge is -2.18. The number of carbonyl (C=O) groups excluding carboxylic acids is 3. The lowest BCUT2D eigenvalue weighted by Crippen LogP contribution is -2.30. The van der Waals surface area contributed by atoms with Crippen molar-refractivity contribution < 1.29 is 28.6 Å².